The molecule has 1 aromatic carbocycles. The van der Waals surface area contributed by atoms with Gasteiger partial charge < -0.3 is 20.1 Å². The summed E-state index contributed by atoms with van der Waals surface area (Å²) in [5.74, 6) is 1.56. The maximum absolute atomic E-state index is 5.53. The number of fused-ring (bicyclic) bond motifs is 1. The van der Waals surface area contributed by atoms with Crippen LogP contribution in [0.1, 0.15) is 26.2 Å². The van der Waals surface area contributed by atoms with E-state index in [0.717, 1.165) is 30.2 Å². The molecule has 1 aliphatic rings. The van der Waals surface area contributed by atoms with E-state index in [9.17, 15) is 0 Å². The fourth-order valence-electron chi connectivity index (χ4n) is 1.87. The van der Waals surface area contributed by atoms with Crippen molar-refractivity contribution in [2.24, 2.45) is 0 Å². The Hall–Kier alpha value is -1.49. The molecule has 5 heteroatoms. The Bertz CT molecular complexity index is 437. The van der Waals surface area contributed by atoms with Crippen LogP contribution in [0.4, 0.5) is 5.69 Å². The summed E-state index contributed by atoms with van der Waals surface area (Å²) in [6, 6.07) is 5.75. The van der Waals surface area contributed by atoms with Crippen molar-refractivity contribution in [3.8, 4) is 11.5 Å². The van der Waals surface area contributed by atoms with Crippen molar-refractivity contribution in [2.75, 3.05) is 25.1 Å². The summed E-state index contributed by atoms with van der Waals surface area (Å²) in [5, 5.41) is 6.99. The van der Waals surface area contributed by atoms with Gasteiger partial charge in [0, 0.05) is 18.3 Å². The topological polar surface area (TPSA) is 42.5 Å². The van der Waals surface area contributed by atoms with Crippen molar-refractivity contribution < 1.29 is 9.47 Å². The van der Waals surface area contributed by atoms with Gasteiger partial charge >= 0.3 is 0 Å². The van der Waals surface area contributed by atoms with Crippen LogP contribution in [0.2, 0.25) is 0 Å². The third-order valence-electron chi connectivity index (χ3n) is 2.87. The summed E-state index contributed by atoms with van der Waals surface area (Å²) in [6.07, 6.45) is 3.57. The number of hydrogen-bond acceptors (Lipinski definition) is 3. The number of hydrogen-bond donors (Lipinski definition) is 2. The zero-order chi connectivity index (χ0) is 13.5. The Morgan fingerprint density at radius 3 is 2.79 bits per heavy atom. The predicted molar refractivity (Wildman–Crippen MR) is 81.2 cm³/mol. The highest BCUT2D eigenvalue weighted by Crippen LogP contribution is 2.32. The summed E-state index contributed by atoms with van der Waals surface area (Å²) in [7, 11) is 0. The van der Waals surface area contributed by atoms with E-state index in [1.165, 1.54) is 12.8 Å². The molecule has 0 spiro atoms. The fraction of sp³-hybridized carbons (Fsp3) is 0.500. The molecule has 0 fully saturated rings. The molecule has 0 unspecified atom stereocenters. The van der Waals surface area contributed by atoms with Crippen LogP contribution in [0.3, 0.4) is 0 Å². The van der Waals surface area contributed by atoms with E-state index in [4.69, 9.17) is 21.7 Å². The van der Waals surface area contributed by atoms with E-state index in [1.54, 1.807) is 0 Å². The first-order valence-corrected chi connectivity index (χ1v) is 7.15. The first-order chi connectivity index (χ1) is 9.29. The SMILES string of the molecule is CCCCCNC(=S)Nc1ccc2c(c1)OCCO2. The summed E-state index contributed by atoms with van der Waals surface area (Å²) in [6.45, 7) is 4.29. The van der Waals surface area contributed by atoms with Crippen LogP contribution in [-0.2, 0) is 0 Å². The molecule has 0 atom stereocenters. The lowest BCUT2D eigenvalue weighted by Crippen LogP contribution is -2.29. The quantitative estimate of drug-likeness (QED) is 0.641. The molecule has 0 radical (unpaired) electrons. The van der Waals surface area contributed by atoms with Crippen LogP contribution in [0.15, 0.2) is 18.2 Å². The Kier molecular flexibility index (Phi) is 5.27. The minimum Gasteiger partial charge on any atom is -0.486 e. The second kappa shape index (κ2) is 7.19. The molecule has 1 aliphatic heterocycles. The molecular weight excluding hydrogens is 260 g/mol. The van der Waals surface area contributed by atoms with Gasteiger partial charge in [-0.3, -0.25) is 0 Å². The lowest BCUT2D eigenvalue weighted by molar-refractivity contribution is 0.171. The molecule has 0 amide bonds. The number of nitrogens with one attached hydrogen (secondary N) is 2. The van der Waals surface area contributed by atoms with Gasteiger partial charge in [-0.2, -0.15) is 0 Å². The van der Waals surface area contributed by atoms with E-state index in [-0.39, 0.29) is 0 Å². The van der Waals surface area contributed by atoms with Crippen LogP contribution >= 0.6 is 12.2 Å². The highest BCUT2D eigenvalue weighted by Gasteiger charge is 2.11. The average Bonchev–Trinajstić information content (AvgIpc) is 2.43. The molecule has 2 N–H and O–H groups in total. The summed E-state index contributed by atoms with van der Waals surface area (Å²) >= 11 is 5.25. The second-order valence-electron chi connectivity index (χ2n) is 4.45. The molecule has 0 saturated heterocycles. The number of thiocarbonyl (C=S) groups is 1. The minimum atomic E-state index is 0.593. The number of anilines is 1. The minimum absolute atomic E-state index is 0.593. The van der Waals surface area contributed by atoms with Crippen LogP contribution < -0.4 is 20.1 Å². The van der Waals surface area contributed by atoms with E-state index in [1.807, 2.05) is 18.2 Å². The maximum Gasteiger partial charge on any atom is 0.170 e. The Labute approximate surface area is 119 Å². The normalized spacial score (nSPS) is 12.9. The van der Waals surface area contributed by atoms with Gasteiger partial charge in [0.05, 0.1) is 0 Å². The van der Waals surface area contributed by atoms with E-state index < -0.39 is 0 Å². The molecule has 0 saturated carbocycles. The van der Waals surface area contributed by atoms with Gasteiger partial charge in [-0.25, -0.2) is 0 Å². The fourth-order valence-corrected chi connectivity index (χ4v) is 2.09. The number of ether oxygens (including phenoxy) is 2. The van der Waals surface area contributed by atoms with Crippen molar-refractivity contribution in [2.45, 2.75) is 26.2 Å². The largest absolute Gasteiger partial charge is 0.486 e. The molecule has 0 bridgehead atoms. The van der Waals surface area contributed by atoms with Crippen molar-refractivity contribution in [1.82, 2.24) is 5.32 Å². The van der Waals surface area contributed by atoms with Gasteiger partial charge in [-0.15, -0.1) is 0 Å². The standard InChI is InChI=1S/C14H20N2O2S/c1-2-3-4-7-15-14(19)16-11-5-6-12-13(10-11)18-9-8-17-12/h5-6,10H,2-4,7-9H2,1H3,(H2,15,16,19). The molecular formula is C14H20N2O2S. The van der Waals surface area contributed by atoms with Crippen molar-refractivity contribution in [3.05, 3.63) is 18.2 Å². The maximum atomic E-state index is 5.53. The Balaban J connectivity index is 1.83. The first kappa shape index (κ1) is 13.9. The zero-order valence-corrected chi connectivity index (χ0v) is 12.0. The van der Waals surface area contributed by atoms with Gasteiger partial charge in [-0.1, -0.05) is 19.8 Å². The van der Waals surface area contributed by atoms with E-state index >= 15 is 0 Å². The average molecular weight is 280 g/mol. The first-order valence-electron chi connectivity index (χ1n) is 6.74. The smallest absolute Gasteiger partial charge is 0.170 e. The molecule has 104 valence electrons. The van der Waals surface area contributed by atoms with Crippen LogP contribution in [-0.4, -0.2) is 24.9 Å². The van der Waals surface area contributed by atoms with Crippen LogP contribution in [0, 0.1) is 0 Å². The van der Waals surface area contributed by atoms with Crippen LogP contribution in [0.25, 0.3) is 0 Å². The summed E-state index contributed by atoms with van der Waals surface area (Å²) in [4.78, 5) is 0. The predicted octanol–water partition coefficient (Wildman–Crippen LogP) is 2.93. The van der Waals surface area contributed by atoms with E-state index in [2.05, 4.69) is 17.6 Å². The zero-order valence-electron chi connectivity index (χ0n) is 11.2. The second-order valence-corrected chi connectivity index (χ2v) is 4.85. The Morgan fingerprint density at radius 2 is 2.00 bits per heavy atom. The number of benzene rings is 1. The molecule has 19 heavy (non-hydrogen) atoms. The molecule has 1 aromatic rings. The molecule has 0 aliphatic carbocycles. The third-order valence-corrected chi connectivity index (χ3v) is 3.11. The highest BCUT2D eigenvalue weighted by molar-refractivity contribution is 7.80. The summed E-state index contributed by atoms with van der Waals surface area (Å²) < 4.78 is 11.0. The van der Waals surface area contributed by atoms with E-state index in [0.29, 0.717) is 18.3 Å². The lowest BCUT2D eigenvalue weighted by Gasteiger charge is -2.19. The molecule has 2 rings (SSSR count). The van der Waals surface area contributed by atoms with Gasteiger partial charge in [0.2, 0.25) is 0 Å². The van der Waals surface area contributed by atoms with Crippen molar-refractivity contribution in [3.63, 3.8) is 0 Å². The monoisotopic (exact) mass is 280 g/mol. The number of unbranched alkanes of at least 4 members (excludes halogenated alkanes) is 2. The van der Waals surface area contributed by atoms with Gasteiger partial charge in [-0.05, 0) is 30.8 Å². The number of rotatable bonds is 5. The molecule has 1 heterocycles. The van der Waals surface area contributed by atoms with Gasteiger partial charge in [0.1, 0.15) is 13.2 Å². The lowest BCUT2D eigenvalue weighted by atomic mass is 10.2. The van der Waals surface area contributed by atoms with Crippen LogP contribution in [0.5, 0.6) is 11.5 Å². The third kappa shape index (κ3) is 4.28. The Morgan fingerprint density at radius 1 is 1.21 bits per heavy atom. The highest BCUT2D eigenvalue weighted by atomic mass is 32.1. The summed E-state index contributed by atoms with van der Waals surface area (Å²) in [5.41, 5.74) is 0.914. The van der Waals surface area contributed by atoms with Crippen molar-refractivity contribution >= 4 is 23.0 Å². The van der Waals surface area contributed by atoms with Gasteiger partial charge in [0.25, 0.3) is 0 Å². The molecule has 0 aromatic heterocycles. The molecule has 4 nitrogen and oxygen atoms in total. The van der Waals surface area contributed by atoms with Crippen molar-refractivity contribution in [1.29, 1.82) is 0 Å². The van der Waals surface area contributed by atoms with Gasteiger partial charge in [0.15, 0.2) is 16.6 Å².